The van der Waals surface area contributed by atoms with Crippen LogP contribution in [0.2, 0.25) is 0 Å². The molecule has 0 saturated heterocycles. The molecule has 0 saturated carbocycles. The van der Waals surface area contributed by atoms with Crippen molar-refractivity contribution in [2.24, 2.45) is 0 Å². The summed E-state index contributed by atoms with van der Waals surface area (Å²) in [5, 5.41) is -0.102. The molecule has 1 nitrogen and oxygen atoms in total. The first-order valence-corrected chi connectivity index (χ1v) is 4.31. The van der Waals surface area contributed by atoms with E-state index in [2.05, 4.69) is 4.98 Å². The average molecular weight is 188 g/mol. The number of aromatic nitrogens is 1. The van der Waals surface area contributed by atoms with Crippen molar-refractivity contribution in [3.8, 4) is 0 Å². The van der Waals surface area contributed by atoms with E-state index in [9.17, 15) is 4.39 Å². The molecule has 0 aliphatic carbocycles. The van der Waals surface area contributed by atoms with Gasteiger partial charge in [0.1, 0.15) is 5.82 Å². The van der Waals surface area contributed by atoms with E-state index in [0.29, 0.717) is 5.69 Å². The average Bonchev–Trinajstić information content (AvgIpc) is 2.04. The molecule has 1 heterocycles. The molecule has 0 amide bonds. The lowest BCUT2D eigenvalue weighted by Crippen LogP contribution is -2.09. The van der Waals surface area contributed by atoms with Gasteiger partial charge in [-0.15, -0.1) is 11.6 Å². The summed E-state index contributed by atoms with van der Waals surface area (Å²) >= 11 is 5.83. The van der Waals surface area contributed by atoms with Crippen molar-refractivity contribution in [3.63, 3.8) is 0 Å². The highest BCUT2D eigenvalue weighted by Gasteiger charge is 2.16. The molecule has 3 heteroatoms. The normalized spacial score (nSPS) is 15.7. The number of halogens is 2. The van der Waals surface area contributed by atoms with Gasteiger partial charge in [-0.3, -0.25) is 4.98 Å². The minimum absolute atomic E-state index is 0.0483. The fraction of sp³-hybridized carbons (Fsp3) is 0.444. The second kappa shape index (κ2) is 3.85. The van der Waals surface area contributed by atoms with Crippen molar-refractivity contribution < 1.29 is 4.39 Å². The number of hydrogen-bond donors (Lipinski definition) is 0. The molecule has 0 aromatic carbocycles. The first-order chi connectivity index (χ1) is 5.63. The Kier molecular flexibility index (Phi) is 3.04. The van der Waals surface area contributed by atoms with E-state index < -0.39 is 0 Å². The summed E-state index contributed by atoms with van der Waals surface area (Å²) in [4.78, 5) is 3.94. The quantitative estimate of drug-likeness (QED) is 0.649. The summed E-state index contributed by atoms with van der Waals surface area (Å²) < 4.78 is 13.1. The maximum Gasteiger partial charge on any atom is 0.145 e. The summed E-state index contributed by atoms with van der Waals surface area (Å²) in [5.74, 6) is -0.328. The number of nitrogens with zero attached hydrogens (tertiary/aromatic N) is 1. The lowest BCUT2D eigenvalue weighted by Gasteiger charge is -2.12. The van der Waals surface area contributed by atoms with Crippen LogP contribution in [0.4, 0.5) is 4.39 Å². The van der Waals surface area contributed by atoms with Gasteiger partial charge in [0, 0.05) is 17.5 Å². The molecule has 0 N–H and O–H groups in total. The van der Waals surface area contributed by atoms with Gasteiger partial charge in [0.25, 0.3) is 0 Å². The zero-order valence-corrected chi connectivity index (χ0v) is 7.85. The molecule has 12 heavy (non-hydrogen) atoms. The van der Waals surface area contributed by atoms with Crippen molar-refractivity contribution in [3.05, 3.63) is 29.8 Å². The van der Waals surface area contributed by atoms with E-state index in [4.69, 9.17) is 11.6 Å². The highest BCUT2D eigenvalue weighted by atomic mass is 35.5. The van der Waals surface area contributed by atoms with E-state index in [1.807, 2.05) is 13.8 Å². The van der Waals surface area contributed by atoms with Gasteiger partial charge in [0.2, 0.25) is 0 Å². The number of hydrogen-bond acceptors (Lipinski definition) is 1. The lowest BCUT2D eigenvalue weighted by molar-refractivity contribution is 0.570. The second-order valence-electron chi connectivity index (χ2n) is 2.84. The van der Waals surface area contributed by atoms with E-state index in [-0.39, 0.29) is 17.1 Å². The van der Waals surface area contributed by atoms with Gasteiger partial charge in [0.05, 0.1) is 5.69 Å². The first-order valence-electron chi connectivity index (χ1n) is 3.87. The molecule has 2 atom stereocenters. The van der Waals surface area contributed by atoms with Crippen molar-refractivity contribution in [1.82, 2.24) is 4.98 Å². The van der Waals surface area contributed by atoms with Crippen LogP contribution >= 0.6 is 11.6 Å². The maximum absolute atomic E-state index is 13.1. The Morgan fingerprint density at radius 1 is 1.50 bits per heavy atom. The molecule has 2 unspecified atom stereocenters. The number of rotatable bonds is 2. The SMILES string of the molecule is CC(Cl)C(C)c1ncccc1F. The zero-order chi connectivity index (χ0) is 9.14. The summed E-state index contributed by atoms with van der Waals surface area (Å²) in [7, 11) is 0. The minimum Gasteiger partial charge on any atom is -0.258 e. The lowest BCUT2D eigenvalue weighted by atomic mass is 10.0. The minimum atomic E-state index is -0.280. The Hall–Kier alpha value is -0.630. The van der Waals surface area contributed by atoms with Crippen LogP contribution in [-0.2, 0) is 0 Å². The molecule has 0 aliphatic heterocycles. The van der Waals surface area contributed by atoms with Crippen molar-refractivity contribution in [2.75, 3.05) is 0 Å². The Morgan fingerprint density at radius 2 is 2.17 bits per heavy atom. The summed E-state index contributed by atoms with van der Waals surface area (Å²) in [6.45, 7) is 3.70. The smallest absolute Gasteiger partial charge is 0.145 e. The Morgan fingerprint density at radius 3 is 2.67 bits per heavy atom. The monoisotopic (exact) mass is 187 g/mol. The van der Waals surface area contributed by atoms with Crippen LogP contribution in [0, 0.1) is 5.82 Å². The third-order valence-electron chi connectivity index (χ3n) is 1.91. The van der Waals surface area contributed by atoms with E-state index in [1.165, 1.54) is 6.07 Å². The predicted molar refractivity (Wildman–Crippen MR) is 47.9 cm³/mol. The van der Waals surface area contributed by atoms with Crippen LogP contribution < -0.4 is 0 Å². The van der Waals surface area contributed by atoms with Gasteiger partial charge in [-0.25, -0.2) is 4.39 Å². The molecule has 0 aliphatic rings. The fourth-order valence-electron chi connectivity index (χ4n) is 0.950. The largest absolute Gasteiger partial charge is 0.258 e. The van der Waals surface area contributed by atoms with Gasteiger partial charge >= 0.3 is 0 Å². The fourth-order valence-corrected chi connectivity index (χ4v) is 1.07. The van der Waals surface area contributed by atoms with Crippen LogP contribution in [0.1, 0.15) is 25.5 Å². The third-order valence-corrected chi connectivity index (χ3v) is 2.29. The third kappa shape index (κ3) is 1.95. The topological polar surface area (TPSA) is 12.9 Å². The molecule has 0 radical (unpaired) electrons. The Labute approximate surface area is 76.6 Å². The highest BCUT2D eigenvalue weighted by molar-refractivity contribution is 6.20. The van der Waals surface area contributed by atoms with Crippen LogP contribution in [-0.4, -0.2) is 10.4 Å². The molecule has 1 aromatic heterocycles. The zero-order valence-electron chi connectivity index (χ0n) is 7.09. The van der Waals surface area contributed by atoms with Crippen LogP contribution in [0.15, 0.2) is 18.3 Å². The molecule has 0 bridgehead atoms. The first kappa shape index (κ1) is 9.46. The van der Waals surface area contributed by atoms with Gasteiger partial charge in [-0.2, -0.15) is 0 Å². The van der Waals surface area contributed by atoms with Crippen molar-refractivity contribution in [2.45, 2.75) is 25.1 Å². The maximum atomic E-state index is 13.1. The Bertz CT molecular complexity index is 262. The van der Waals surface area contributed by atoms with Crippen LogP contribution in [0.5, 0.6) is 0 Å². The molecule has 1 rings (SSSR count). The molecule has 0 fully saturated rings. The highest BCUT2D eigenvalue weighted by Crippen LogP contribution is 2.22. The van der Waals surface area contributed by atoms with Crippen LogP contribution in [0.3, 0.4) is 0 Å². The van der Waals surface area contributed by atoms with E-state index in [0.717, 1.165) is 0 Å². The van der Waals surface area contributed by atoms with Crippen molar-refractivity contribution in [1.29, 1.82) is 0 Å². The van der Waals surface area contributed by atoms with Crippen molar-refractivity contribution >= 4 is 11.6 Å². The molecular formula is C9H11ClFN. The molecule has 1 aromatic rings. The Balaban J connectivity index is 2.94. The van der Waals surface area contributed by atoms with Crippen LogP contribution in [0.25, 0.3) is 0 Å². The predicted octanol–water partition coefficient (Wildman–Crippen LogP) is 2.95. The standard InChI is InChI=1S/C9H11ClFN/c1-6(7(2)10)9-8(11)4-3-5-12-9/h3-7H,1-2H3. The van der Waals surface area contributed by atoms with Gasteiger partial charge < -0.3 is 0 Å². The van der Waals surface area contributed by atoms with Gasteiger partial charge in [0.15, 0.2) is 0 Å². The summed E-state index contributed by atoms with van der Waals surface area (Å²) in [5.41, 5.74) is 0.444. The summed E-state index contributed by atoms with van der Waals surface area (Å²) in [6, 6.07) is 2.97. The molecule has 0 spiro atoms. The van der Waals surface area contributed by atoms with E-state index >= 15 is 0 Å². The molecular weight excluding hydrogens is 177 g/mol. The number of alkyl halides is 1. The molecule has 66 valence electrons. The van der Waals surface area contributed by atoms with Gasteiger partial charge in [-0.05, 0) is 19.1 Å². The summed E-state index contributed by atoms with van der Waals surface area (Å²) in [6.07, 6.45) is 1.58. The second-order valence-corrected chi connectivity index (χ2v) is 3.53. The number of pyridine rings is 1. The van der Waals surface area contributed by atoms with Gasteiger partial charge in [-0.1, -0.05) is 6.92 Å². The van der Waals surface area contributed by atoms with E-state index in [1.54, 1.807) is 12.3 Å².